The smallest absolute Gasteiger partial charge is 0.251 e. The Morgan fingerprint density at radius 3 is 2.76 bits per heavy atom. The van der Waals surface area contributed by atoms with Crippen LogP contribution in [0.4, 0.5) is 0 Å². The van der Waals surface area contributed by atoms with E-state index in [4.69, 9.17) is 0 Å². The summed E-state index contributed by atoms with van der Waals surface area (Å²) in [6.07, 6.45) is 3.66. The van der Waals surface area contributed by atoms with E-state index in [9.17, 15) is 13.2 Å². The Bertz CT molecular complexity index is 613. The highest BCUT2D eigenvalue weighted by atomic mass is 32.2. The minimum atomic E-state index is -3.20. The van der Waals surface area contributed by atoms with Crippen LogP contribution in [0.5, 0.6) is 0 Å². The average Bonchev–Trinajstić information content (AvgIpc) is 2.93. The summed E-state index contributed by atoms with van der Waals surface area (Å²) in [7, 11) is -3.20. The highest BCUT2D eigenvalue weighted by Crippen LogP contribution is 2.19. The van der Waals surface area contributed by atoms with Crippen LogP contribution in [-0.2, 0) is 16.4 Å². The van der Waals surface area contributed by atoms with Crippen molar-refractivity contribution in [1.29, 1.82) is 0 Å². The highest BCUT2D eigenvalue weighted by molar-refractivity contribution is 7.88. The van der Waals surface area contributed by atoms with Crippen molar-refractivity contribution >= 4 is 15.9 Å². The van der Waals surface area contributed by atoms with Gasteiger partial charge in [0.25, 0.3) is 5.91 Å². The Kier molecular flexibility index (Phi) is 5.00. The molecule has 0 bridgehead atoms. The second-order valence-electron chi connectivity index (χ2n) is 5.39. The van der Waals surface area contributed by atoms with Gasteiger partial charge in [-0.15, -0.1) is 0 Å². The zero-order valence-corrected chi connectivity index (χ0v) is 13.3. The van der Waals surface area contributed by atoms with Crippen molar-refractivity contribution in [2.75, 3.05) is 19.3 Å². The summed E-state index contributed by atoms with van der Waals surface area (Å²) >= 11 is 0. The van der Waals surface area contributed by atoms with E-state index in [0.717, 1.165) is 24.8 Å². The van der Waals surface area contributed by atoms with E-state index >= 15 is 0 Å². The number of nitrogens with zero attached hydrogens (tertiary/aromatic N) is 1. The number of benzene rings is 1. The molecule has 6 heteroatoms. The van der Waals surface area contributed by atoms with Gasteiger partial charge in [0.2, 0.25) is 10.0 Å². The SMILES string of the molecule is CCc1ccccc1C(=O)NC[C@H]1CCCN1S(C)(=O)=O. The third kappa shape index (κ3) is 3.83. The minimum absolute atomic E-state index is 0.127. The second-order valence-corrected chi connectivity index (χ2v) is 7.33. The lowest BCUT2D eigenvalue weighted by Gasteiger charge is -2.22. The largest absolute Gasteiger partial charge is 0.350 e. The van der Waals surface area contributed by atoms with Crippen LogP contribution in [-0.4, -0.2) is 44.0 Å². The van der Waals surface area contributed by atoms with E-state index in [0.29, 0.717) is 18.7 Å². The molecule has 1 amide bonds. The molecular weight excluding hydrogens is 288 g/mol. The molecule has 1 heterocycles. The summed E-state index contributed by atoms with van der Waals surface area (Å²) in [5, 5.41) is 2.87. The fourth-order valence-electron chi connectivity index (χ4n) is 2.81. The van der Waals surface area contributed by atoms with Crippen LogP contribution in [0.2, 0.25) is 0 Å². The maximum absolute atomic E-state index is 12.3. The molecule has 1 aliphatic rings. The van der Waals surface area contributed by atoms with Crippen LogP contribution in [0.25, 0.3) is 0 Å². The molecule has 0 unspecified atom stereocenters. The van der Waals surface area contributed by atoms with Gasteiger partial charge in [-0.25, -0.2) is 8.42 Å². The first-order valence-corrected chi connectivity index (χ1v) is 9.11. The molecule has 21 heavy (non-hydrogen) atoms. The van der Waals surface area contributed by atoms with E-state index in [-0.39, 0.29) is 11.9 Å². The topological polar surface area (TPSA) is 66.5 Å². The molecule has 2 rings (SSSR count). The molecule has 0 saturated carbocycles. The number of carbonyl (C=O) groups excluding carboxylic acids is 1. The first-order valence-electron chi connectivity index (χ1n) is 7.26. The third-order valence-electron chi connectivity index (χ3n) is 3.89. The van der Waals surface area contributed by atoms with Crippen molar-refractivity contribution in [2.24, 2.45) is 0 Å². The Balaban J connectivity index is 2.01. The lowest BCUT2D eigenvalue weighted by molar-refractivity contribution is 0.0945. The number of hydrogen-bond donors (Lipinski definition) is 1. The van der Waals surface area contributed by atoms with Gasteiger partial charge in [-0.1, -0.05) is 25.1 Å². The number of hydrogen-bond acceptors (Lipinski definition) is 3. The van der Waals surface area contributed by atoms with Crippen molar-refractivity contribution in [1.82, 2.24) is 9.62 Å². The van der Waals surface area contributed by atoms with Crippen LogP contribution in [0.1, 0.15) is 35.7 Å². The maximum Gasteiger partial charge on any atom is 0.251 e. The fourth-order valence-corrected chi connectivity index (χ4v) is 3.99. The van der Waals surface area contributed by atoms with Crippen LogP contribution < -0.4 is 5.32 Å². The number of aryl methyl sites for hydroxylation is 1. The Morgan fingerprint density at radius 2 is 2.10 bits per heavy atom. The van der Waals surface area contributed by atoms with Gasteiger partial charge >= 0.3 is 0 Å². The Labute approximate surface area is 126 Å². The lowest BCUT2D eigenvalue weighted by Crippen LogP contribution is -2.42. The summed E-state index contributed by atoms with van der Waals surface area (Å²) in [5.41, 5.74) is 1.67. The van der Waals surface area contributed by atoms with E-state index in [1.165, 1.54) is 10.6 Å². The maximum atomic E-state index is 12.3. The van der Waals surface area contributed by atoms with Gasteiger partial charge in [0.1, 0.15) is 0 Å². The molecule has 1 aromatic carbocycles. The highest BCUT2D eigenvalue weighted by Gasteiger charge is 2.31. The number of amides is 1. The van der Waals surface area contributed by atoms with Crippen molar-refractivity contribution in [3.05, 3.63) is 35.4 Å². The van der Waals surface area contributed by atoms with Crippen molar-refractivity contribution < 1.29 is 13.2 Å². The van der Waals surface area contributed by atoms with Crippen molar-refractivity contribution in [3.63, 3.8) is 0 Å². The number of sulfonamides is 1. The summed E-state index contributed by atoms with van der Waals surface area (Å²) < 4.78 is 24.8. The van der Waals surface area contributed by atoms with Gasteiger partial charge < -0.3 is 5.32 Å². The average molecular weight is 310 g/mol. The van der Waals surface area contributed by atoms with Gasteiger partial charge in [-0.2, -0.15) is 4.31 Å². The standard InChI is InChI=1S/C15H22N2O3S/c1-3-12-7-4-5-9-14(12)15(18)16-11-13-8-6-10-17(13)21(2,19)20/h4-5,7,9,13H,3,6,8,10-11H2,1-2H3,(H,16,18)/t13-/m1/s1. The van der Waals surface area contributed by atoms with Crippen LogP contribution in [0.3, 0.4) is 0 Å². The molecule has 1 N–H and O–H groups in total. The Morgan fingerprint density at radius 1 is 1.38 bits per heavy atom. The molecule has 0 aromatic heterocycles. The molecule has 0 spiro atoms. The Hall–Kier alpha value is -1.40. The molecule has 0 aliphatic carbocycles. The van der Waals surface area contributed by atoms with Gasteiger partial charge in [0.15, 0.2) is 0 Å². The summed E-state index contributed by atoms with van der Waals surface area (Å²) in [4.78, 5) is 12.3. The molecule has 0 radical (unpaired) electrons. The van der Waals surface area contributed by atoms with Gasteiger partial charge in [0, 0.05) is 24.7 Å². The molecule has 1 aliphatic heterocycles. The lowest BCUT2D eigenvalue weighted by atomic mass is 10.0. The van der Waals surface area contributed by atoms with E-state index in [1.54, 1.807) is 6.07 Å². The number of rotatable bonds is 5. The molecular formula is C15H22N2O3S. The summed E-state index contributed by atoms with van der Waals surface area (Å²) in [6, 6.07) is 7.37. The zero-order valence-electron chi connectivity index (χ0n) is 12.5. The first kappa shape index (κ1) is 16.0. The van der Waals surface area contributed by atoms with Crippen LogP contribution in [0, 0.1) is 0 Å². The first-order chi connectivity index (χ1) is 9.93. The van der Waals surface area contributed by atoms with Gasteiger partial charge in [-0.05, 0) is 30.9 Å². The predicted octanol–water partition coefficient (Wildman–Crippen LogP) is 1.40. The molecule has 1 atom stereocenters. The fraction of sp³-hybridized carbons (Fsp3) is 0.533. The zero-order chi connectivity index (χ0) is 15.5. The molecule has 5 nitrogen and oxygen atoms in total. The van der Waals surface area contributed by atoms with E-state index < -0.39 is 10.0 Å². The number of nitrogens with one attached hydrogen (secondary N) is 1. The number of carbonyl (C=O) groups is 1. The quantitative estimate of drug-likeness (QED) is 0.894. The van der Waals surface area contributed by atoms with Crippen LogP contribution >= 0.6 is 0 Å². The van der Waals surface area contributed by atoms with Crippen molar-refractivity contribution in [2.45, 2.75) is 32.2 Å². The van der Waals surface area contributed by atoms with Gasteiger partial charge in [-0.3, -0.25) is 4.79 Å². The summed E-state index contributed by atoms with van der Waals surface area (Å²) in [5.74, 6) is -0.132. The molecule has 1 saturated heterocycles. The minimum Gasteiger partial charge on any atom is -0.350 e. The van der Waals surface area contributed by atoms with Gasteiger partial charge in [0.05, 0.1) is 6.26 Å². The van der Waals surface area contributed by atoms with E-state index in [1.807, 2.05) is 25.1 Å². The van der Waals surface area contributed by atoms with E-state index in [2.05, 4.69) is 5.32 Å². The monoisotopic (exact) mass is 310 g/mol. The molecule has 1 fully saturated rings. The second kappa shape index (κ2) is 6.58. The van der Waals surface area contributed by atoms with Crippen molar-refractivity contribution in [3.8, 4) is 0 Å². The van der Waals surface area contributed by atoms with Crippen LogP contribution in [0.15, 0.2) is 24.3 Å². The molecule has 116 valence electrons. The molecule has 1 aromatic rings. The summed E-state index contributed by atoms with van der Waals surface area (Å²) in [6.45, 7) is 2.92. The normalized spacial score (nSPS) is 19.6. The predicted molar refractivity (Wildman–Crippen MR) is 82.7 cm³/mol. The third-order valence-corrected chi connectivity index (χ3v) is 5.22.